The highest BCUT2D eigenvalue weighted by Gasteiger charge is 2.12. The Balaban J connectivity index is 2.20. The summed E-state index contributed by atoms with van der Waals surface area (Å²) in [5.74, 6) is 0.849. The Morgan fingerprint density at radius 1 is 1.00 bits per heavy atom. The van der Waals surface area contributed by atoms with Crippen molar-refractivity contribution < 1.29 is 4.74 Å². The van der Waals surface area contributed by atoms with Crippen molar-refractivity contribution in [3.8, 4) is 5.75 Å². The largest absolute Gasteiger partial charge is 0.491 e. The van der Waals surface area contributed by atoms with E-state index in [1.165, 1.54) is 0 Å². The third-order valence-corrected chi connectivity index (χ3v) is 4.52. The van der Waals surface area contributed by atoms with Crippen LogP contribution in [0.2, 0.25) is 5.02 Å². The fourth-order valence-electron chi connectivity index (χ4n) is 1.85. The minimum atomic E-state index is -0.228. The zero-order chi connectivity index (χ0) is 14.7. The van der Waals surface area contributed by atoms with Crippen LogP contribution < -0.4 is 4.74 Å². The third-order valence-electron chi connectivity index (χ3n) is 2.78. The highest BCUT2D eigenvalue weighted by Crippen LogP contribution is 2.33. The summed E-state index contributed by atoms with van der Waals surface area (Å²) in [6.07, 6.45) is 0.165. The number of rotatable bonds is 4. The van der Waals surface area contributed by atoms with Gasteiger partial charge in [-0.05, 0) is 65.2 Å². The Labute approximate surface area is 138 Å². The minimum Gasteiger partial charge on any atom is -0.491 e. The molecule has 0 saturated carbocycles. The first kappa shape index (κ1) is 15.7. The molecule has 0 heterocycles. The Bertz CT molecular complexity index is 582. The fraction of sp³-hybridized carbons (Fsp3) is 0.250. The van der Waals surface area contributed by atoms with Crippen LogP contribution in [0.1, 0.15) is 30.4 Å². The average molecular weight is 374 g/mol. The van der Waals surface area contributed by atoms with Gasteiger partial charge in [-0.15, -0.1) is 11.6 Å². The number of hydrogen-bond acceptors (Lipinski definition) is 1. The monoisotopic (exact) mass is 372 g/mol. The van der Waals surface area contributed by atoms with E-state index >= 15 is 0 Å². The molecule has 0 aromatic heterocycles. The van der Waals surface area contributed by atoms with Gasteiger partial charge in [0.25, 0.3) is 0 Å². The van der Waals surface area contributed by atoms with Gasteiger partial charge in [0.1, 0.15) is 5.75 Å². The van der Waals surface area contributed by atoms with Crippen molar-refractivity contribution in [2.45, 2.75) is 25.3 Å². The first-order valence-electron chi connectivity index (χ1n) is 6.33. The smallest absolute Gasteiger partial charge is 0.119 e. The van der Waals surface area contributed by atoms with Crippen LogP contribution in [0.4, 0.5) is 0 Å². The van der Waals surface area contributed by atoms with E-state index in [-0.39, 0.29) is 11.5 Å². The molecular weight excluding hydrogens is 359 g/mol. The quantitative estimate of drug-likeness (QED) is 0.578. The van der Waals surface area contributed by atoms with Gasteiger partial charge in [0.15, 0.2) is 0 Å². The summed E-state index contributed by atoms with van der Waals surface area (Å²) in [7, 11) is 0. The van der Waals surface area contributed by atoms with Crippen LogP contribution in [0, 0.1) is 0 Å². The van der Waals surface area contributed by atoms with Gasteiger partial charge in [0, 0.05) is 4.47 Å². The fourth-order valence-corrected chi connectivity index (χ4v) is 2.57. The summed E-state index contributed by atoms with van der Waals surface area (Å²) in [5.41, 5.74) is 1.98. The molecule has 0 fully saturated rings. The Kier molecular flexibility index (Phi) is 5.36. The molecule has 1 atom stereocenters. The van der Waals surface area contributed by atoms with E-state index in [1.54, 1.807) is 0 Å². The lowest BCUT2D eigenvalue weighted by molar-refractivity contribution is 0.242. The minimum absolute atomic E-state index is 0.165. The number of ether oxygens (including phenoxy) is 1. The van der Waals surface area contributed by atoms with E-state index in [1.807, 2.05) is 56.3 Å². The van der Waals surface area contributed by atoms with Crippen LogP contribution in [0.5, 0.6) is 5.75 Å². The van der Waals surface area contributed by atoms with Gasteiger partial charge in [0.05, 0.1) is 16.5 Å². The van der Waals surface area contributed by atoms with E-state index in [0.717, 1.165) is 21.3 Å². The summed E-state index contributed by atoms with van der Waals surface area (Å²) in [5, 5.41) is 0.432. The summed E-state index contributed by atoms with van der Waals surface area (Å²) >= 11 is 16.0. The molecule has 1 unspecified atom stereocenters. The van der Waals surface area contributed by atoms with Crippen LogP contribution in [-0.2, 0) is 0 Å². The van der Waals surface area contributed by atoms with Gasteiger partial charge in [-0.1, -0.05) is 29.8 Å². The van der Waals surface area contributed by atoms with E-state index in [4.69, 9.17) is 27.9 Å². The van der Waals surface area contributed by atoms with Crippen molar-refractivity contribution >= 4 is 39.1 Å². The van der Waals surface area contributed by atoms with E-state index < -0.39 is 0 Å². The molecule has 0 radical (unpaired) electrons. The summed E-state index contributed by atoms with van der Waals surface area (Å²) in [4.78, 5) is 0. The lowest BCUT2D eigenvalue weighted by Gasteiger charge is -2.13. The molecule has 2 rings (SSSR count). The molecule has 0 bridgehead atoms. The maximum Gasteiger partial charge on any atom is 0.119 e. The molecule has 4 heteroatoms. The van der Waals surface area contributed by atoms with Crippen molar-refractivity contribution in [2.24, 2.45) is 0 Å². The SMILES string of the molecule is CC(C)Oc1ccc(C(Cl)c2ccc(Br)c(Cl)c2)cc1. The molecule has 2 aromatic carbocycles. The molecule has 2 aromatic rings. The lowest BCUT2D eigenvalue weighted by atomic mass is 10.0. The Morgan fingerprint density at radius 2 is 1.60 bits per heavy atom. The normalized spacial score (nSPS) is 12.5. The molecule has 0 aliphatic heterocycles. The molecule has 0 aliphatic rings. The van der Waals surface area contributed by atoms with Crippen molar-refractivity contribution in [1.29, 1.82) is 0 Å². The maximum absolute atomic E-state index is 6.50. The first-order valence-corrected chi connectivity index (χ1v) is 7.93. The van der Waals surface area contributed by atoms with Crippen molar-refractivity contribution in [1.82, 2.24) is 0 Å². The van der Waals surface area contributed by atoms with Gasteiger partial charge in [-0.3, -0.25) is 0 Å². The second kappa shape index (κ2) is 6.84. The average Bonchev–Trinajstić information content (AvgIpc) is 2.41. The number of halogens is 3. The Hall–Kier alpha value is -0.700. The van der Waals surface area contributed by atoms with Gasteiger partial charge in [-0.25, -0.2) is 0 Å². The van der Waals surface area contributed by atoms with E-state index in [2.05, 4.69) is 15.9 Å². The predicted octanol–water partition coefficient (Wildman–Crippen LogP) is 6.22. The third kappa shape index (κ3) is 3.91. The topological polar surface area (TPSA) is 9.23 Å². The zero-order valence-electron chi connectivity index (χ0n) is 11.2. The van der Waals surface area contributed by atoms with Gasteiger partial charge >= 0.3 is 0 Å². The lowest BCUT2D eigenvalue weighted by Crippen LogP contribution is -2.05. The zero-order valence-corrected chi connectivity index (χ0v) is 14.3. The molecule has 0 spiro atoms. The molecular formula is C16H15BrCl2O. The summed E-state index contributed by atoms with van der Waals surface area (Å²) in [6, 6.07) is 13.6. The summed E-state index contributed by atoms with van der Waals surface area (Å²) in [6.45, 7) is 4.00. The highest BCUT2D eigenvalue weighted by molar-refractivity contribution is 9.10. The van der Waals surface area contributed by atoms with Crippen LogP contribution in [0.25, 0.3) is 0 Å². The van der Waals surface area contributed by atoms with Gasteiger partial charge < -0.3 is 4.74 Å². The molecule has 0 aliphatic carbocycles. The van der Waals surface area contributed by atoms with E-state index in [9.17, 15) is 0 Å². The highest BCUT2D eigenvalue weighted by atomic mass is 79.9. The van der Waals surface area contributed by atoms with Crippen LogP contribution in [0.15, 0.2) is 46.9 Å². The van der Waals surface area contributed by atoms with Crippen molar-refractivity contribution in [2.75, 3.05) is 0 Å². The molecule has 0 amide bonds. The van der Waals surface area contributed by atoms with Gasteiger partial charge in [-0.2, -0.15) is 0 Å². The Morgan fingerprint density at radius 3 is 2.15 bits per heavy atom. The molecule has 0 N–H and O–H groups in total. The predicted molar refractivity (Wildman–Crippen MR) is 89.1 cm³/mol. The molecule has 106 valence electrons. The molecule has 0 saturated heterocycles. The first-order chi connectivity index (χ1) is 9.47. The van der Waals surface area contributed by atoms with Crippen molar-refractivity contribution in [3.63, 3.8) is 0 Å². The maximum atomic E-state index is 6.50. The number of alkyl halides is 1. The number of benzene rings is 2. The second-order valence-corrected chi connectivity index (χ2v) is 6.47. The van der Waals surface area contributed by atoms with Crippen LogP contribution >= 0.6 is 39.1 Å². The standard InChI is InChI=1S/C16H15BrCl2O/c1-10(2)20-13-6-3-11(4-7-13)16(19)12-5-8-14(17)15(18)9-12/h3-10,16H,1-2H3. The van der Waals surface area contributed by atoms with Crippen molar-refractivity contribution in [3.05, 3.63) is 63.1 Å². The van der Waals surface area contributed by atoms with E-state index in [0.29, 0.717) is 5.02 Å². The molecule has 1 nitrogen and oxygen atoms in total. The summed E-state index contributed by atoms with van der Waals surface area (Å²) < 4.78 is 6.49. The molecule has 20 heavy (non-hydrogen) atoms. The number of hydrogen-bond donors (Lipinski definition) is 0. The van der Waals surface area contributed by atoms with Crippen LogP contribution in [-0.4, -0.2) is 6.10 Å². The van der Waals surface area contributed by atoms with Crippen LogP contribution in [0.3, 0.4) is 0 Å². The van der Waals surface area contributed by atoms with Gasteiger partial charge in [0.2, 0.25) is 0 Å². The second-order valence-electron chi connectivity index (χ2n) is 4.77.